The van der Waals surface area contributed by atoms with Crippen molar-refractivity contribution in [3.8, 4) is 0 Å². The molecule has 23 heavy (non-hydrogen) atoms. The van der Waals surface area contributed by atoms with Crippen LogP contribution in [0, 0.1) is 12.8 Å². The van der Waals surface area contributed by atoms with Gasteiger partial charge >= 0.3 is 6.03 Å². The van der Waals surface area contributed by atoms with E-state index >= 15 is 0 Å². The average Bonchev–Trinajstić information content (AvgIpc) is 2.54. The lowest BCUT2D eigenvalue weighted by atomic mass is 9.85. The second kappa shape index (κ2) is 8.20. The van der Waals surface area contributed by atoms with Crippen LogP contribution >= 0.6 is 0 Å². The summed E-state index contributed by atoms with van der Waals surface area (Å²) in [5.41, 5.74) is 3.42. The zero-order chi connectivity index (χ0) is 16.8. The number of aliphatic hydroxyl groups is 1. The van der Waals surface area contributed by atoms with Crippen molar-refractivity contribution in [2.45, 2.75) is 45.2 Å². The number of hydrogen-bond donors (Lipinski definition) is 3. The molecule has 3 N–H and O–H groups in total. The molecule has 1 aliphatic rings. The number of nitrogens with zero attached hydrogens (tertiary/aromatic N) is 1. The number of hydrogen-bond acceptors (Lipinski definition) is 3. The fraction of sp³-hybridized carbons (Fsp3) is 0.611. The second-order valence-electron chi connectivity index (χ2n) is 6.69. The molecule has 1 aromatic rings. The number of amides is 2. The first-order valence-electron chi connectivity index (χ1n) is 8.43. The zero-order valence-electron chi connectivity index (χ0n) is 14.4. The van der Waals surface area contributed by atoms with Crippen molar-refractivity contribution in [2.24, 2.45) is 5.92 Å². The van der Waals surface area contributed by atoms with Gasteiger partial charge in [-0.15, -0.1) is 0 Å². The summed E-state index contributed by atoms with van der Waals surface area (Å²) in [6.07, 6.45) is 4.20. The van der Waals surface area contributed by atoms with E-state index in [1.807, 2.05) is 14.1 Å². The maximum atomic E-state index is 12.2. The first kappa shape index (κ1) is 17.6. The first-order chi connectivity index (χ1) is 11.0. The summed E-state index contributed by atoms with van der Waals surface area (Å²) in [6, 6.07) is 6.17. The van der Waals surface area contributed by atoms with Crippen molar-refractivity contribution in [3.63, 3.8) is 0 Å². The average molecular weight is 319 g/mol. The van der Waals surface area contributed by atoms with Crippen LogP contribution in [0.2, 0.25) is 0 Å². The summed E-state index contributed by atoms with van der Waals surface area (Å²) < 4.78 is 0. The summed E-state index contributed by atoms with van der Waals surface area (Å²) >= 11 is 0. The maximum Gasteiger partial charge on any atom is 0.315 e. The molecule has 0 saturated heterocycles. The molecule has 1 aromatic carbocycles. The van der Waals surface area contributed by atoms with E-state index in [9.17, 15) is 9.90 Å². The van der Waals surface area contributed by atoms with Crippen molar-refractivity contribution in [2.75, 3.05) is 25.6 Å². The van der Waals surface area contributed by atoms with E-state index in [0.29, 0.717) is 6.54 Å². The third-order valence-corrected chi connectivity index (χ3v) is 4.62. The van der Waals surface area contributed by atoms with Gasteiger partial charge in [0.15, 0.2) is 0 Å². The smallest absolute Gasteiger partial charge is 0.315 e. The third-order valence-electron chi connectivity index (χ3n) is 4.62. The Labute approximate surface area is 139 Å². The molecule has 2 amide bonds. The van der Waals surface area contributed by atoms with Crippen LogP contribution in [0.25, 0.3) is 0 Å². The molecule has 0 aliphatic heterocycles. The normalized spacial score (nSPS) is 20.9. The number of nitrogens with one attached hydrogen (secondary N) is 2. The molecule has 0 aromatic heterocycles. The molecule has 2 unspecified atom stereocenters. The lowest BCUT2D eigenvalue weighted by Crippen LogP contribution is -2.47. The van der Waals surface area contributed by atoms with Crippen molar-refractivity contribution >= 4 is 11.7 Å². The number of urea groups is 1. The molecule has 5 heteroatoms. The lowest BCUT2D eigenvalue weighted by molar-refractivity contribution is 0.153. The highest BCUT2D eigenvalue weighted by molar-refractivity contribution is 5.74. The van der Waals surface area contributed by atoms with E-state index in [0.717, 1.165) is 36.9 Å². The fourth-order valence-electron chi connectivity index (χ4n) is 3.25. The van der Waals surface area contributed by atoms with Crippen LogP contribution < -0.4 is 15.5 Å². The van der Waals surface area contributed by atoms with Gasteiger partial charge in [-0.2, -0.15) is 0 Å². The van der Waals surface area contributed by atoms with Gasteiger partial charge in [0.1, 0.15) is 0 Å². The molecule has 5 nitrogen and oxygen atoms in total. The van der Waals surface area contributed by atoms with Crippen molar-refractivity contribution in [1.82, 2.24) is 10.6 Å². The van der Waals surface area contributed by atoms with Crippen LogP contribution in [0.5, 0.6) is 0 Å². The highest BCUT2D eigenvalue weighted by atomic mass is 16.3. The molecule has 0 heterocycles. The minimum Gasteiger partial charge on any atom is -0.396 e. The van der Waals surface area contributed by atoms with Crippen molar-refractivity contribution in [1.29, 1.82) is 0 Å². The van der Waals surface area contributed by atoms with Crippen LogP contribution in [-0.4, -0.2) is 37.9 Å². The Bertz CT molecular complexity index is 531. The van der Waals surface area contributed by atoms with Crippen LogP contribution in [0.4, 0.5) is 10.5 Å². The van der Waals surface area contributed by atoms with Crippen LogP contribution in [-0.2, 0) is 6.54 Å². The van der Waals surface area contributed by atoms with E-state index in [1.54, 1.807) is 0 Å². The van der Waals surface area contributed by atoms with E-state index in [1.165, 1.54) is 5.56 Å². The topological polar surface area (TPSA) is 64.6 Å². The molecule has 2 rings (SSSR count). The Morgan fingerprint density at radius 2 is 2.04 bits per heavy atom. The Morgan fingerprint density at radius 3 is 2.74 bits per heavy atom. The quantitative estimate of drug-likeness (QED) is 0.781. The van der Waals surface area contributed by atoms with Gasteiger partial charge in [0.25, 0.3) is 0 Å². The predicted molar refractivity (Wildman–Crippen MR) is 93.7 cm³/mol. The minimum absolute atomic E-state index is 0.0834. The molecule has 2 atom stereocenters. The first-order valence-corrected chi connectivity index (χ1v) is 8.43. The number of carbonyl (C=O) groups excluding carboxylic acids is 1. The second-order valence-corrected chi connectivity index (χ2v) is 6.69. The van der Waals surface area contributed by atoms with E-state index in [-0.39, 0.29) is 24.6 Å². The number of anilines is 1. The SMILES string of the molecule is Cc1ccc(CNC(=O)NC2CCCCC2CO)c(N(C)C)c1. The van der Waals surface area contributed by atoms with Gasteiger partial charge in [-0.3, -0.25) is 0 Å². The van der Waals surface area contributed by atoms with Gasteiger partial charge < -0.3 is 20.6 Å². The molecule has 1 saturated carbocycles. The third kappa shape index (κ3) is 4.86. The molecule has 0 bridgehead atoms. The Hall–Kier alpha value is -1.75. The standard InChI is InChI=1S/C18H29N3O2/c1-13-8-9-14(17(10-13)21(2)3)11-19-18(23)20-16-7-5-4-6-15(16)12-22/h8-10,15-16,22H,4-7,11-12H2,1-3H3,(H2,19,20,23). The van der Waals surface area contributed by atoms with Gasteiger partial charge in [0.2, 0.25) is 0 Å². The Morgan fingerprint density at radius 1 is 1.30 bits per heavy atom. The van der Waals surface area contributed by atoms with Crippen LogP contribution in [0.15, 0.2) is 18.2 Å². The summed E-state index contributed by atoms with van der Waals surface area (Å²) in [6.45, 7) is 2.71. The lowest BCUT2D eigenvalue weighted by Gasteiger charge is -2.30. The van der Waals surface area contributed by atoms with Crippen molar-refractivity contribution < 1.29 is 9.90 Å². The molecule has 128 valence electrons. The van der Waals surface area contributed by atoms with E-state index in [2.05, 4.69) is 40.7 Å². The molecular formula is C18H29N3O2. The molecule has 0 radical (unpaired) electrons. The van der Waals surface area contributed by atoms with Gasteiger partial charge in [0.05, 0.1) is 0 Å². The molecular weight excluding hydrogens is 290 g/mol. The highest BCUT2D eigenvalue weighted by Gasteiger charge is 2.25. The molecule has 1 aliphatic carbocycles. The monoisotopic (exact) mass is 319 g/mol. The predicted octanol–water partition coefficient (Wildman–Crippen LogP) is 2.41. The Kier molecular flexibility index (Phi) is 6.28. The van der Waals surface area contributed by atoms with Gasteiger partial charge in [-0.25, -0.2) is 4.79 Å². The summed E-state index contributed by atoms with van der Waals surface area (Å²) in [4.78, 5) is 14.2. The summed E-state index contributed by atoms with van der Waals surface area (Å²) in [7, 11) is 4.01. The summed E-state index contributed by atoms with van der Waals surface area (Å²) in [5.74, 6) is 0.186. The largest absolute Gasteiger partial charge is 0.396 e. The molecule has 0 spiro atoms. The van der Waals surface area contributed by atoms with Crippen LogP contribution in [0.3, 0.4) is 0 Å². The van der Waals surface area contributed by atoms with Crippen LogP contribution in [0.1, 0.15) is 36.8 Å². The number of aryl methyl sites for hydroxylation is 1. The van der Waals surface area contributed by atoms with E-state index < -0.39 is 0 Å². The number of rotatable bonds is 5. The van der Waals surface area contributed by atoms with Gasteiger partial charge in [-0.1, -0.05) is 25.0 Å². The highest BCUT2D eigenvalue weighted by Crippen LogP contribution is 2.24. The maximum absolute atomic E-state index is 12.2. The van der Waals surface area contributed by atoms with Gasteiger partial charge in [-0.05, 0) is 37.0 Å². The Balaban J connectivity index is 1.91. The number of aliphatic hydroxyl groups excluding tert-OH is 1. The minimum atomic E-state index is -0.152. The van der Waals surface area contributed by atoms with E-state index in [4.69, 9.17) is 0 Å². The van der Waals surface area contributed by atoms with Gasteiger partial charge in [0, 0.05) is 44.9 Å². The molecule has 1 fully saturated rings. The van der Waals surface area contributed by atoms with Crippen molar-refractivity contribution in [3.05, 3.63) is 29.3 Å². The summed E-state index contributed by atoms with van der Waals surface area (Å²) in [5, 5.41) is 15.4. The fourth-order valence-corrected chi connectivity index (χ4v) is 3.25. The zero-order valence-corrected chi connectivity index (χ0v) is 14.4. The number of carbonyl (C=O) groups is 1. The number of benzene rings is 1.